The number of carboxylic acid groups (broad SMARTS) is 1. The summed E-state index contributed by atoms with van der Waals surface area (Å²) in [5, 5.41) is 24.8. The molecule has 12 nitrogen and oxygen atoms in total. The van der Waals surface area contributed by atoms with Crippen molar-refractivity contribution in [1.82, 2.24) is 30.3 Å². The second-order valence-corrected chi connectivity index (χ2v) is 7.64. The zero-order chi connectivity index (χ0) is 24.2. The third-order valence-electron chi connectivity index (χ3n) is 5.33. The molecule has 0 aliphatic heterocycles. The van der Waals surface area contributed by atoms with Gasteiger partial charge in [0.15, 0.2) is 17.5 Å². The SMILES string of the molecule is NC(=O)c1cc(F)c(N[C@@H]2CCCC[C@@H]2NC(=O)O)nc1Nc1cnc(-n2nccn2)c(F)c1. The smallest absolute Gasteiger partial charge is 0.404 e. The maximum absolute atomic E-state index is 14.8. The van der Waals surface area contributed by atoms with Crippen LogP contribution in [0.2, 0.25) is 0 Å². The maximum atomic E-state index is 14.8. The third kappa shape index (κ3) is 5.00. The second kappa shape index (κ2) is 9.64. The lowest BCUT2D eigenvalue weighted by atomic mass is 9.90. The summed E-state index contributed by atoms with van der Waals surface area (Å²) in [4.78, 5) is 32.1. The summed E-state index contributed by atoms with van der Waals surface area (Å²) in [6.45, 7) is 0. The van der Waals surface area contributed by atoms with E-state index in [1.807, 2.05) is 0 Å². The number of carbonyl (C=O) groups is 2. The lowest BCUT2D eigenvalue weighted by molar-refractivity contribution is 0.1000. The molecule has 2 atom stereocenters. The van der Waals surface area contributed by atoms with Gasteiger partial charge in [0.25, 0.3) is 5.91 Å². The molecule has 0 bridgehead atoms. The van der Waals surface area contributed by atoms with Gasteiger partial charge in [0.05, 0.1) is 35.9 Å². The first kappa shape index (κ1) is 22.8. The van der Waals surface area contributed by atoms with E-state index in [0.29, 0.717) is 12.8 Å². The first-order chi connectivity index (χ1) is 16.3. The number of amides is 2. The van der Waals surface area contributed by atoms with E-state index < -0.39 is 35.7 Å². The zero-order valence-electron chi connectivity index (χ0n) is 17.7. The van der Waals surface area contributed by atoms with Crippen molar-refractivity contribution in [1.29, 1.82) is 0 Å². The molecule has 0 saturated heterocycles. The van der Waals surface area contributed by atoms with Crippen molar-refractivity contribution < 1.29 is 23.5 Å². The minimum absolute atomic E-state index is 0.115. The Morgan fingerprint density at radius 3 is 2.41 bits per heavy atom. The van der Waals surface area contributed by atoms with E-state index in [0.717, 1.165) is 29.8 Å². The van der Waals surface area contributed by atoms with E-state index in [-0.39, 0.29) is 28.7 Å². The van der Waals surface area contributed by atoms with Gasteiger partial charge in [0.1, 0.15) is 5.82 Å². The zero-order valence-corrected chi connectivity index (χ0v) is 17.7. The molecule has 34 heavy (non-hydrogen) atoms. The highest BCUT2D eigenvalue weighted by Crippen LogP contribution is 2.27. The monoisotopic (exact) mass is 473 g/mol. The van der Waals surface area contributed by atoms with Crippen molar-refractivity contribution in [2.24, 2.45) is 5.73 Å². The van der Waals surface area contributed by atoms with Crippen LogP contribution in [0.4, 0.5) is 30.9 Å². The fourth-order valence-electron chi connectivity index (χ4n) is 3.79. The third-order valence-corrected chi connectivity index (χ3v) is 5.33. The Labute approximate surface area is 191 Å². The first-order valence-electron chi connectivity index (χ1n) is 10.4. The number of primary amides is 1. The Bertz CT molecular complexity index is 1210. The molecule has 0 unspecified atom stereocenters. The molecule has 1 aliphatic rings. The van der Waals surface area contributed by atoms with Crippen molar-refractivity contribution in [2.75, 3.05) is 10.6 Å². The predicted molar refractivity (Wildman–Crippen MR) is 116 cm³/mol. The van der Waals surface area contributed by atoms with Crippen LogP contribution < -0.4 is 21.7 Å². The van der Waals surface area contributed by atoms with Crippen molar-refractivity contribution in [3.8, 4) is 5.82 Å². The summed E-state index contributed by atoms with van der Waals surface area (Å²) in [7, 11) is 0. The van der Waals surface area contributed by atoms with Gasteiger partial charge in [-0.25, -0.2) is 23.5 Å². The Kier molecular flexibility index (Phi) is 6.47. The highest BCUT2D eigenvalue weighted by Gasteiger charge is 2.28. The number of rotatable bonds is 7. The minimum atomic E-state index is -1.18. The molecule has 0 spiro atoms. The molecule has 6 N–H and O–H groups in total. The van der Waals surface area contributed by atoms with Gasteiger partial charge in [-0.05, 0) is 18.9 Å². The van der Waals surface area contributed by atoms with Crippen LogP contribution in [0.25, 0.3) is 5.82 Å². The fourth-order valence-corrected chi connectivity index (χ4v) is 3.79. The van der Waals surface area contributed by atoms with Crippen LogP contribution in [-0.2, 0) is 0 Å². The molecule has 4 rings (SSSR count). The van der Waals surface area contributed by atoms with Crippen molar-refractivity contribution in [3.63, 3.8) is 0 Å². The quantitative estimate of drug-likeness (QED) is 0.345. The molecule has 2 amide bonds. The summed E-state index contributed by atoms with van der Waals surface area (Å²) in [6.07, 6.45) is 5.64. The van der Waals surface area contributed by atoms with Gasteiger partial charge in [-0.15, -0.1) is 4.80 Å². The molecule has 0 aromatic carbocycles. The van der Waals surface area contributed by atoms with Crippen LogP contribution in [0.5, 0.6) is 0 Å². The van der Waals surface area contributed by atoms with E-state index in [2.05, 4.69) is 36.1 Å². The summed E-state index contributed by atoms with van der Waals surface area (Å²) < 4.78 is 29.3. The number of anilines is 3. The van der Waals surface area contributed by atoms with Crippen molar-refractivity contribution >= 4 is 29.3 Å². The summed E-state index contributed by atoms with van der Waals surface area (Å²) >= 11 is 0. The molecular weight excluding hydrogens is 452 g/mol. The number of hydrogen-bond acceptors (Lipinski definition) is 8. The normalized spacial score (nSPS) is 17.7. The van der Waals surface area contributed by atoms with Gasteiger partial charge < -0.3 is 26.8 Å². The molecule has 1 saturated carbocycles. The van der Waals surface area contributed by atoms with E-state index >= 15 is 0 Å². The molecular formula is C20H21F2N9O3. The number of halogens is 2. The molecule has 3 aromatic heterocycles. The maximum Gasteiger partial charge on any atom is 0.404 e. The molecule has 1 fully saturated rings. The Balaban J connectivity index is 1.62. The Morgan fingerprint density at radius 2 is 1.76 bits per heavy atom. The fraction of sp³-hybridized carbons (Fsp3) is 0.300. The standard InChI is InChI=1S/C20H21F2N9O3/c21-12-8-11(16(23)32)17(27-10-7-13(22)19(24-9-10)31-25-5-6-26-31)30-18(12)28-14-3-1-2-4-15(14)29-20(33)34/h5-9,14-15,29H,1-4H2,(H2,23,32)(H,33,34)(H2,27,28,30)/t14-,15+/m1/s1. The Hall–Kier alpha value is -4.36. The van der Waals surface area contributed by atoms with E-state index in [1.54, 1.807) is 0 Å². The molecule has 178 valence electrons. The van der Waals surface area contributed by atoms with E-state index in [1.165, 1.54) is 18.6 Å². The first-order valence-corrected chi connectivity index (χ1v) is 10.4. The van der Waals surface area contributed by atoms with Crippen LogP contribution in [-0.4, -0.2) is 54.2 Å². The van der Waals surface area contributed by atoms with E-state index in [4.69, 9.17) is 10.8 Å². The highest BCUT2D eigenvalue weighted by atomic mass is 19.1. The molecule has 0 radical (unpaired) electrons. The number of nitrogens with zero attached hydrogens (tertiary/aromatic N) is 5. The Morgan fingerprint density at radius 1 is 1.06 bits per heavy atom. The average molecular weight is 473 g/mol. The van der Waals surface area contributed by atoms with E-state index in [9.17, 15) is 18.4 Å². The number of hydrogen-bond donors (Lipinski definition) is 5. The molecule has 14 heteroatoms. The number of nitrogens with two attached hydrogens (primary N) is 1. The molecule has 3 aromatic rings. The van der Waals surface area contributed by atoms with Crippen LogP contribution in [0, 0.1) is 11.6 Å². The predicted octanol–water partition coefficient (Wildman–Crippen LogP) is 2.17. The second-order valence-electron chi connectivity index (χ2n) is 7.64. The number of pyridine rings is 2. The van der Waals surface area contributed by atoms with Crippen molar-refractivity contribution in [3.05, 3.63) is 47.9 Å². The largest absolute Gasteiger partial charge is 0.465 e. The van der Waals surface area contributed by atoms with Crippen LogP contribution >= 0.6 is 0 Å². The number of carbonyl (C=O) groups excluding carboxylic acids is 1. The lowest BCUT2D eigenvalue weighted by Gasteiger charge is -2.32. The molecule has 1 aliphatic carbocycles. The van der Waals surface area contributed by atoms with Gasteiger partial charge in [0.2, 0.25) is 5.82 Å². The van der Waals surface area contributed by atoms with Gasteiger partial charge in [0, 0.05) is 12.1 Å². The van der Waals surface area contributed by atoms with Crippen LogP contribution in [0.3, 0.4) is 0 Å². The lowest BCUT2D eigenvalue weighted by Crippen LogP contribution is -2.48. The van der Waals surface area contributed by atoms with Gasteiger partial charge >= 0.3 is 6.09 Å². The minimum Gasteiger partial charge on any atom is -0.465 e. The topological polar surface area (TPSA) is 173 Å². The van der Waals surface area contributed by atoms with Crippen molar-refractivity contribution in [2.45, 2.75) is 37.8 Å². The van der Waals surface area contributed by atoms with Crippen LogP contribution in [0.15, 0.2) is 30.7 Å². The van der Waals surface area contributed by atoms with Crippen LogP contribution in [0.1, 0.15) is 36.0 Å². The average Bonchev–Trinajstić information content (AvgIpc) is 3.31. The summed E-state index contributed by atoms with van der Waals surface area (Å²) in [5.41, 5.74) is 5.23. The van der Waals surface area contributed by atoms with Gasteiger partial charge in [-0.2, -0.15) is 10.2 Å². The van der Waals surface area contributed by atoms with Gasteiger partial charge in [-0.1, -0.05) is 12.8 Å². The summed E-state index contributed by atoms with van der Waals surface area (Å²) in [5.74, 6) is -3.03. The number of nitrogens with one attached hydrogen (secondary N) is 3. The summed E-state index contributed by atoms with van der Waals surface area (Å²) in [6, 6.07) is 1.14. The highest BCUT2D eigenvalue weighted by molar-refractivity contribution is 5.98. The molecule has 3 heterocycles. The van der Waals surface area contributed by atoms with Gasteiger partial charge in [-0.3, -0.25) is 4.79 Å². The number of aromatic nitrogens is 5.